The fraction of sp³-hybridized carbons (Fsp3) is 0.786. The maximum Gasteiger partial charge on any atom is 0.233 e. The third kappa shape index (κ3) is 4.03. The first-order valence-electron chi connectivity index (χ1n) is 7.40. The number of carbonyl (C=O) groups is 1. The summed E-state index contributed by atoms with van der Waals surface area (Å²) in [4.78, 5) is 11.3. The van der Waals surface area contributed by atoms with E-state index in [4.69, 9.17) is 10.2 Å². The van der Waals surface area contributed by atoms with Crippen LogP contribution >= 0.6 is 0 Å². The highest BCUT2D eigenvalue weighted by atomic mass is 16.4. The first-order valence-corrected chi connectivity index (χ1v) is 7.40. The van der Waals surface area contributed by atoms with E-state index in [0.717, 1.165) is 12.8 Å². The fourth-order valence-electron chi connectivity index (χ4n) is 2.99. The van der Waals surface area contributed by atoms with Crippen LogP contribution in [-0.2, 0) is 4.79 Å². The number of primary amides is 1. The van der Waals surface area contributed by atoms with Gasteiger partial charge in [-0.3, -0.25) is 4.79 Å². The van der Waals surface area contributed by atoms with Crippen molar-refractivity contribution in [1.82, 2.24) is 15.5 Å². The van der Waals surface area contributed by atoms with Crippen LogP contribution in [0.25, 0.3) is 0 Å². The van der Waals surface area contributed by atoms with Gasteiger partial charge in [-0.15, -0.1) is 10.2 Å². The van der Waals surface area contributed by atoms with Crippen molar-refractivity contribution in [1.29, 1.82) is 0 Å². The maximum atomic E-state index is 11.3. The van der Waals surface area contributed by atoms with Crippen molar-refractivity contribution in [2.24, 2.45) is 11.7 Å². The van der Waals surface area contributed by atoms with Gasteiger partial charge in [0.05, 0.1) is 6.04 Å². The number of hydrogen-bond donors (Lipinski definition) is 2. The van der Waals surface area contributed by atoms with Gasteiger partial charge in [-0.2, -0.15) is 0 Å². The van der Waals surface area contributed by atoms with Crippen LogP contribution in [0.15, 0.2) is 4.42 Å². The second kappa shape index (κ2) is 6.83. The second-order valence-electron chi connectivity index (χ2n) is 5.72. The summed E-state index contributed by atoms with van der Waals surface area (Å²) in [5.41, 5.74) is 5.39. The van der Waals surface area contributed by atoms with Crippen LogP contribution in [0.5, 0.6) is 0 Å². The lowest BCUT2D eigenvalue weighted by Gasteiger charge is -2.31. The molecule has 1 aromatic rings. The van der Waals surface area contributed by atoms with E-state index in [1.807, 2.05) is 6.92 Å². The highest BCUT2D eigenvalue weighted by molar-refractivity contribution is 5.74. The monoisotopic (exact) mass is 280 g/mol. The molecule has 0 aromatic carbocycles. The smallest absolute Gasteiger partial charge is 0.233 e. The van der Waals surface area contributed by atoms with Crippen molar-refractivity contribution in [2.75, 3.05) is 0 Å². The third-order valence-corrected chi connectivity index (χ3v) is 4.02. The molecule has 112 valence electrons. The van der Waals surface area contributed by atoms with E-state index in [9.17, 15) is 4.79 Å². The molecule has 1 aliphatic rings. The first-order chi connectivity index (χ1) is 9.56. The Morgan fingerprint density at radius 1 is 1.40 bits per heavy atom. The van der Waals surface area contributed by atoms with E-state index < -0.39 is 0 Å². The van der Waals surface area contributed by atoms with Gasteiger partial charge < -0.3 is 15.5 Å². The summed E-state index contributed by atoms with van der Waals surface area (Å²) in [6.45, 7) is 3.75. The van der Waals surface area contributed by atoms with Crippen molar-refractivity contribution < 1.29 is 9.21 Å². The number of nitrogens with zero attached hydrogens (tertiary/aromatic N) is 2. The van der Waals surface area contributed by atoms with E-state index >= 15 is 0 Å². The number of amides is 1. The summed E-state index contributed by atoms with van der Waals surface area (Å²) in [6, 6.07) is 0.0254. The lowest BCUT2D eigenvalue weighted by molar-refractivity contribution is -0.118. The molecule has 20 heavy (non-hydrogen) atoms. The van der Waals surface area contributed by atoms with Crippen LogP contribution in [-0.4, -0.2) is 22.1 Å². The Morgan fingerprint density at radius 2 is 2.10 bits per heavy atom. The van der Waals surface area contributed by atoms with Gasteiger partial charge in [-0.25, -0.2) is 0 Å². The van der Waals surface area contributed by atoms with Crippen LogP contribution in [0, 0.1) is 12.8 Å². The van der Waals surface area contributed by atoms with Crippen molar-refractivity contribution >= 4 is 5.91 Å². The molecule has 0 spiro atoms. The zero-order valence-corrected chi connectivity index (χ0v) is 12.3. The zero-order valence-electron chi connectivity index (χ0n) is 12.3. The van der Waals surface area contributed by atoms with Crippen molar-refractivity contribution in [3.05, 3.63) is 11.8 Å². The van der Waals surface area contributed by atoms with Crippen LogP contribution in [0.3, 0.4) is 0 Å². The van der Waals surface area contributed by atoms with Crippen molar-refractivity contribution in [3.8, 4) is 0 Å². The summed E-state index contributed by atoms with van der Waals surface area (Å²) in [5, 5.41) is 11.3. The molecule has 0 saturated heterocycles. The van der Waals surface area contributed by atoms with Crippen LogP contribution < -0.4 is 11.1 Å². The third-order valence-electron chi connectivity index (χ3n) is 4.02. The Morgan fingerprint density at radius 3 is 2.65 bits per heavy atom. The predicted molar refractivity (Wildman–Crippen MR) is 74.8 cm³/mol. The Hall–Kier alpha value is -1.43. The van der Waals surface area contributed by atoms with Gasteiger partial charge in [0.1, 0.15) is 0 Å². The molecule has 2 unspecified atom stereocenters. The molecular weight excluding hydrogens is 256 g/mol. The van der Waals surface area contributed by atoms with Crippen LogP contribution in [0.2, 0.25) is 0 Å². The first kappa shape index (κ1) is 15.0. The molecule has 3 N–H and O–H groups in total. The Bertz CT molecular complexity index is 440. The van der Waals surface area contributed by atoms with Gasteiger partial charge in [0.15, 0.2) is 0 Å². The average Bonchev–Trinajstić information content (AvgIpc) is 2.85. The lowest BCUT2D eigenvalue weighted by Crippen LogP contribution is -2.41. The van der Waals surface area contributed by atoms with Gasteiger partial charge >= 0.3 is 0 Å². The summed E-state index contributed by atoms with van der Waals surface area (Å²) in [5.74, 6) is 1.36. The normalized spacial score (nSPS) is 19.7. The maximum absolute atomic E-state index is 11.3. The number of carbonyl (C=O) groups excluding carboxylic acids is 1. The topological polar surface area (TPSA) is 94.0 Å². The standard InChI is InChI=1S/C14H24N4O2/c1-9(14-18-17-10(2)20-14)16-12(8-13(15)19)11-6-4-3-5-7-11/h9,11-12,16H,3-8H2,1-2H3,(H2,15,19). The second-order valence-corrected chi connectivity index (χ2v) is 5.72. The number of rotatable bonds is 6. The van der Waals surface area contributed by atoms with Gasteiger partial charge in [-0.1, -0.05) is 19.3 Å². The Balaban J connectivity index is 2.00. The molecule has 1 aliphatic carbocycles. The molecule has 6 heteroatoms. The molecule has 1 amide bonds. The summed E-state index contributed by atoms with van der Waals surface area (Å²) < 4.78 is 5.44. The highest BCUT2D eigenvalue weighted by Crippen LogP contribution is 2.29. The largest absolute Gasteiger partial charge is 0.424 e. The van der Waals surface area contributed by atoms with Gasteiger partial charge in [0, 0.05) is 19.4 Å². The number of aromatic nitrogens is 2. The molecule has 0 bridgehead atoms. The number of hydrogen-bond acceptors (Lipinski definition) is 5. The van der Waals surface area contributed by atoms with Gasteiger partial charge in [-0.05, 0) is 25.7 Å². The number of nitrogens with one attached hydrogen (secondary N) is 1. The summed E-state index contributed by atoms with van der Waals surface area (Å²) in [7, 11) is 0. The van der Waals surface area contributed by atoms with E-state index in [1.165, 1.54) is 19.3 Å². The Labute approximate surface area is 119 Å². The SMILES string of the molecule is Cc1nnc(C(C)NC(CC(N)=O)C2CCCCC2)o1. The lowest BCUT2D eigenvalue weighted by atomic mass is 9.82. The minimum atomic E-state index is -0.262. The molecule has 6 nitrogen and oxygen atoms in total. The molecule has 2 rings (SSSR count). The minimum Gasteiger partial charge on any atom is -0.424 e. The van der Waals surface area contributed by atoms with Crippen molar-refractivity contribution in [3.63, 3.8) is 0 Å². The molecule has 1 saturated carbocycles. The number of aryl methyl sites for hydroxylation is 1. The quantitative estimate of drug-likeness (QED) is 0.829. The van der Waals surface area contributed by atoms with Crippen molar-refractivity contribution in [2.45, 2.75) is 64.5 Å². The number of nitrogens with two attached hydrogens (primary N) is 1. The molecule has 0 radical (unpaired) electrons. The minimum absolute atomic E-state index is 0.0672. The van der Waals surface area contributed by atoms with Crippen LogP contribution in [0.1, 0.15) is 63.3 Å². The zero-order chi connectivity index (χ0) is 14.5. The van der Waals surface area contributed by atoms with E-state index in [0.29, 0.717) is 24.1 Å². The van der Waals surface area contributed by atoms with Gasteiger partial charge in [0.2, 0.25) is 17.7 Å². The molecular formula is C14H24N4O2. The molecule has 1 fully saturated rings. The summed E-state index contributed by atoms with van der Waals surface area (Å²) in [6.07, 6.45) is 6.42. The van der Waals surface area contributed by atoms with Gasteiger partial charge in [0.25, 0.3) is 0 Å². The summed E-state index contributed by atoms with van der Waals surface area (Å²) >= 11 is 0. The van der Waals surface area contributed by atoms with E-state index in [1.54, 1.807) is 6.92 Å². The average molecular weight is 280 g/mol. The van der Waals surface area contributed by atoms with E-state index in [2.05, 4.69) is 15.5 Å². The molecule has 1 aromatic heterocycles. The predicted octanol–water partition coefficient (Wildman–Crippen LogP) is 1.85. The molecule has 1 heterocycles. The van der Waals surface area contributed by atoms with Crippen LogP contribution in [0.4, 0.5) is 0 Å². The van der Waals surface area contributed by atoms with E-state index in [-0.39, 0.29) is 18.0 Å². The Kier molecular flexibility index (Phi) is 5.11. The molecule has 2 atom stereocenters. The fourth-order valence-corrected chi connectivity index (χ4v) is 2.99. The highest BCUT2D eigenvalue weighted by Gasteiger charge is 2.27. The molecule has 0 aliphatic heterocycles.